The molecule has 202 valence electrons. The maximum atomic E-state index is 13.5. The van der Waals surface area contributed by atoms with Gasteiger partial charge < -0.3 is 9.84 Å². The van der Waals surface area contributed by atoms with Crippen molar-refractivity contribution in [2.45, 2.75) is 117 Å². The van der Waals surface area contributed by atoms with Crippen molar-refractivity contribution >= 4 is 19.8 Å². The van der Waals surface area contributed by atoms with Gasteiger partial charge in [0.2, 0.25) is 0 Å². The Morgan fingerprint density at radius 2 is 1.69 bits per heavy atom. The van der Waals surface area contributed by atoms with E-state index in [1.165, 1.54) is 23.8 Å². The van der Waals surface area contributed by atoms with E-state index >= 15 is 0 Å². The van der Waals surface area contributed by atoms with Gasteiger partial charge in [0.1, 0.15) is 5.60 Å². The lowest BCUT2D eigenvalue weighted by Crippen LogP contribution is -2.39. The van der Waals surface area contributed by atoms with Gasteiger partial charge in [-0.3, -0.25) is 4.79 Å². The van der Waals surface area contributed by atoms with Crippen molar-refractivity contribution in [3.63, 3.8) is 0 Å². The molecular weight excluding hydrogens is 464 g/mol. The number of allylic oxidation sites excluding steroid dienone is 7. The molecule has 0 saturated carbocycles. The summed E-state index contributed by atoms with van der Waals surface area (Å²) in [5.74, 6) is -0.556. The van der Waals surface area contributed by atoms with E-state index in [0.29, 0.717) is 6.42 Å². The first-order chi connectivity index (χ1) is 16.7. The highest BCUT2D eigenvalue weighted by Gasteiger charge is 2.34. The highest BCUT2D eigenvalue weighted by Crippen LogP contribution is 2.36. The minimum absolute atomic E-state index is 0.0505. The van der Waals surface area contributed by atoms with Gasteiger partial charge in [-0.1, -0.05) is 75.2 Å². The second-order valence-electron chi connectivity index (χ2n) is 11.5. The number of rotatable bonds is 10. The number of esters is 1. The van der Waals surface area contributed by atoms with Crippen molar-refractivity contribution in [3.05, 3.63) is 59.3 Å². The minimum Gasteiger partial charge on any atom is -0.452 e. The quantitative estimate of drug-likeness (QED) is 0.139. The molecule has 1 aliphatic rings. The molecule has 0 aromatic rings. The van der Waals surface area contributed by atoms with Gasteiger partial charge in [-0.25, -0.2) is 4.79 Å². The average molecular weight is 515 g/mol. The van der Waals surface area contributed by atoms with Crippen LogP contribution in [0, 0.1) is 5.41 Å². The third kappa shape index (κ3) is 10.2. The van der Waals surface area contributed by atoms with E-state index in [4.69, 9.17) is 4.74 Å². The van der Waals surface area contributed by atoms with Gasteiger partial charge in [-0.15, -0.1) is 0 Å². The molecule has 3 atom stereocenters. The van der Waals surface area contributed by atoms with E-state index in [-0.39, 0.29) is 11.2 Å². The number of hydrogen-bond donors (Lipinski definition) is 1. The zero-order valence-electron chi connectivity index (χ0n) is 24.2. The predicted molar refractivity (Wildman–Crippen MR) is 155 cm³/mol. The SMILES string of the molecule is CC[Si](CC)(CC)C/C1=C/C[C@](C)(CCC=C(C)C)/C=C/[C@@H](OC(=O)C=C(C)C)[C@](C)(O)/C=C/C1=O. The van der Waals surface area contributed by atoms with Crippen molar-refractivity contribution in [3.8, 4) is 0 Å². The fourth-order valence-electron chi connectivity index (χ4n) is 4.60. The number of carbonyl (C=O) groups excluding carboxylic acids is 2. The second kappa shape index (κ2) is 14.1. The average Bonchev–Trinajstić information content (AvgIpc) is 2.81. The molecule has 1 rings (SSSR count). The standard InChI is InChI=1S/C31H50O4Si/c1-10-36(11-2,12-3)23-26-15-19-30(8,18-13-14-24(4)5)20-17-28(35-29(33)22-25(6)7)31(9,34)21-16-27(26)32/h14-17,20-22,28,34H,10-13,18-19,23H2,1-9H3/b20-17+,21-16+,26-15-/t28-,30+,31-/m1/s1. The molecule has 1 N–H and O–H groups in total. The molecule has 0 bridgehead atoms. The van der Waals surface area contributed by atoms with Crippen LogP contribution in [0.15, 0.2) is 59.3 Å². The topological polar surface area (TPSA) is 63.6 Å². The van der Waals surface area contributed by atoms with Gasteiger partial charge in [-0.2, -0.15) is 0 Å². The monoisotopic (exact) mass is 514 g/mol. The van der Waals surface area contributed by atoms with Crippen molar-refractivity contribution in [2.24, 2.45) is 5.41 Å². The van der Waals surface area contributed by atoms with Crippen LogP contribution in [0.1, 0.15) is 81.6 Å². The molecule has 0 amide bonds. The van der Waals surface area contributed by atoms with Crippen LogP contribution in [0.5, 0.6) is 0 Å². The summed E-state index contributed by atoms with van der Waals surface area (Å²) in [6.45, 7) is 18.4. The van der Waals surface area contributed by atoms with E-state index in [2.05, 4.69) is 59.8 Å². The van der Waals surface area contributed by atoms with Crippen LogP contribution in [-0.4, -0.2) is 36.6 Å². The largest absolute Gasteiger partial charge is 0.452 e. The van der Waals surface area contributed by atoms with Gasteiger partial charge in [0.05, 0.1) is 8.07 Å². The molecule has 0 radical (unpaired) electrons. The van der Waals surface area contributed by atoms with Crippen LogP contribution in [-0.2, 0) is 14.3 Å². The molecule has 1 aliphatic carbocycles. The fraction of sp³-hybridized carbons (Fsp3) is 0.613. The lowest BCUT2D eigenvalue weighted by Gasteiger charge is -2.30. The Bertz CT molecular complexity index is 899. The van der Waals surface area contributed by atoms with E-state index in [0.717, 1.165) is 48.2 Å². The molecule has 36 heavy (non-hydrogen) atoms. The summed E-state index contributed by atoms with van der Waals surface area (Å²) < 4.78 is 5.68. The molecule has 0 spiro atoms. The number of hydrogen-bond acceptors (Lipinski definition) is 4. The van der Waals surface area contributed by atoms with Crippen molar-refractivity contribution in [2.75, 3.05) is 0 Å². The molecule has 0 aliphatic heterocycles. The Labute approximate surface area is 221 Å². The lowest BCUT2D eigenvalue weighted by atomic mass is 9.80. The van der Waals surface area contributed by atoms with Gasteiger partial charge in [0.15, 0.2) is 11.9 Å². The van der Waals surface area contributed by atoms with Crippen LogP contribution in [0.2, 0.25) is 24.2 Å². The van der Waals surface area contributed by atoms with E-state index in [1.54, 1.807) is 13.0 Å². The normalized spacial score (nSPS) is 28.2. The van der Waals surface area contributed by atoms with Crippen LogP contribution in [0.25, 0.3) is 0 Å². The molecule has 0 saturated heterocycles. The zero-order chi connectivity index (χ0) is 27.6. The Morgan fingerprint density at radius 1 is 1.08 bits per heavy atom. The summed E-state index contributed by atoms with van der Waals surface area (Å²) in [6, 6.07) is 4.29. The van der Waals surface area contributed by atoms with Gasteiger partial charge in [0, 0.05) is 6.08 Å². The summed E-state index contributed by atoms with van der Waals surface area (Å²) in [7, 11) is -1.59. The van der Waals surface area contributed by atoms with Crippen molar-refractivity contribution in [1.29, 1.82) is 0 Å². The molecule has 5 heteroatoms. The van der Waals surface area contributed by atoms with Gasteiger partial charge in [-0.05, 0) is 89.1 Å². The summed E-state index contributed by atoms with van der Waals surface area (Å²) in [6.07, 6.45) is 14.2. The second-order valence-corrected chi connectivity index (χ2v) is 17.0. The highest BCUT2D eigenvalue weighted by molar-refractivity contribution is 6.80. The maximum Gasteiger partial charge on any atom is 0.331 e. The lowest BCUT2D eigenvalue weighted by molar-refractivity contribution is -0.148. The van der Waals surface area contributed by atoms with Gasteiger partial charge >= 0.3 is 5.97 Å². The molecule has 0 aromatic carbocycles. The summed E-state index contributed by atoms with van der Waals surface area (Å²) >= 11 is 0. The third-order valence-electron chi connectivity index (χ3n) is 7.69. The molecule has 0 heterocycles. The van der Waals surface area contributed by atoms with Crippen LogP contribution < -0.4 is 0 Å². The third-order valence-corrected chi connectivity index (χ3v) is 13.3. The maximum absolute atomic E-state index is 13.5. The van der Waals surface area contributed by atoms with Gasteiger partial charge in [0.25, 0.3) is 0 Å². The summed E-state index contributed by atoms with van der Waals surface area (Å²) in [4.78, 5) is 25.9. The van der Waals surface area contributed by atoms with E-state index in [9.17, 15) is 14.7 Å². The Morgan fingerprint density at radius 3 is 2.22 bits per heavy atom. The first-order valence-electron chi connectivity index (χ1n) is 13.5. The Balaban J connectivity index is 3.56. The number of carbonyl (C=O) groups is 2. The zero-order valence-corrected chi connectivity index (χ0v) is 25.2. The molecule has 0 aromatic heterocycles. The molecular formula is C31H50O4Si. The Hall–Kier alpha value is -1.98. The highest BCUT2D eigenvalue weighted by atomic mass is 28.3. The predicted octanol–water partition coefficient (Wildman–Crippen LogP) is 7.89. The smallest absolute Gasteiger partial charge is 0.331 e. The van der Waals surface area contributed by atoms with Crippen LogP contribution >= 0.6 is 0 Å². The van der Waals surface area contributed by atoms with E-state index in [1.807, 2.05) is 13.8 Å². The van der Waals surface area contributed by atoms with Crippen molar-refractivity contribution < 1.29 is 19.4 Å². The molecule has 0 unspecified atom stereocenters. The fourth-order valence-corrected chi connectivity index (χ4v) is 7.98. The number of aliphatic hydroxyl groups is 1. The first kappa shape index (κ1) is 32.0. The van der Waals surface area contributed by atoms with Crippen LogP contribution in [0.3, 0.4) is 0 Å². The summed E-state index contributed by atoms with van der Waals surface area (Å²) in [5, 5.41) is 11.3. The molecule has 4 nitrogen and oxygen atoms in total. The minimum atomic E-state index is -1.59. The summed E-state index contributed by atoms with van der Waals surface area (Å²) in [5.41, 5.74) is 1.18. The Kier molecular flexibility index (Phi) is 12.5. The van der Waals surface area contributed by atoms with Crippen LogP contribution in [0.4, 0.5) is 0 Å². The molecule has 0 fully saturated rings. The number of ether oxygens (including phenoxy) is 1. The first-order valence-corrected chi connectivity index (χ1v) is 16.4. The van der Waals surface area contributed by atoms with Crippen molar-refractivity contribution in [1.82, 2.24) is 0 Å². The van der Waals surface area contributed by atoms with E-state index < -0.39 is 25.7 Å². The number of ketones is 1.